The van der Waals surface area contributed by atoms with Gasteiger partial charge in [0.05, 0.1) is 17.1 Å². The number of ether oxygens (including phenoxy) is 1. The molecule has 0 spiro atoms. The Hall–Kier alpha value is -1.75. The molecule has 152 valence electrons. The third-order valence-electron chi connectivity index (χ3n) is 5.28. The second-order valence-corrected chi connectivity index (χ2v) is 9.27. The molecule has 0 N–H and O–H groups in total. The topological polar surface area (TPSA) is 46.6 Å². The van der Waals surface area contributed by atoms with Gasteiger partial charge >= 0.3 is 0 Å². The van der Waals surface area contributed by atoms with Crippen LogP contribution >= 0.6 is 11.8 Å². The molecule has 1 saturated carbocycles. The van der Waals surface area contributed by atoms with Crippen molar-refractivity contribution in [3.05, 3.63) is 34.7 Å². The lowest BCUT2D eigenvalue weighted by atomic mass is 10.0. The van der Waals surface area contributed by atoms with Crippen LogP contribution in [-0.4, -0.2) is 35.1 Å². The number of hydrogen-bond donors (Lipinski definition) is 0. The Bertz CT molecular complexity index is 731. The van der Waals surface area contributed by atoms with Crippen LogP contribution in [0, 0.1) is 5.92 Å². The van der Waals surface area contributed by atoms with Crippen molar-refractivity contribution in [1.29, 1.82) is 0 Å². The number of imide groups is 1. The van der Waals surface area contributed by atoms with E-state index in [1.807, 2.05) is 31.2 Å². The van der Waals surface area contributed by atoms with E-state index in [0.717, 1.165) is 42.7 Å². The Kier molecular flexibility index (Phi) is 7.22. The van der Waals surface area contributed by atoms with Crippen molar-refractivity contribution < 1.29 is 14.3 Å². The number of carbonyl (C=O) groups is 2. The average Bonchev–Trinajstić information content (AvgIpc) is 2.86. The summed E-state index contributed by atoms with van der Waals surface area (Å²) in [7, 11) is 0. The fourth-order valence-corrected chi connectivity index (χ4v) is 4.75. The maximum absolute atomic E-state index is 13.3. The van der Waals surface area contributed by atoms with Crippen molar-refractivity contribution in [2.24, 2.45) is 5.92 Å². The first-order valence-electron chi connectivity index (χ1n) is 10.5. The van der Waals surface area contributed by atoms with Crippen LogP contribution in [0.3, 0.4) is 0 Å². The Morgan fingerprint density at radius 3 is 2.25 bits per heavy atom. The highest BCUT2D eigenvalue weighted by molar-refractivity contribution is 8.04. The van der Waals surface area contributed by atoms with E-state index < -0.39 is 0 Å². The summed E-state index contributed by atoms with van der Waals surface area (Å²) in [4.78, 5) is 28.6. The van der Waals surface area contributed by atoms with Crippen molar-refractivity contribution in [1.82, 2.24) is 4.90 Å². The second-order valence-electron chi connectivity index (χ2n) is 7.99. The molecule has 1 aromatic carbocycles. The first-order valence-corrected chi connectivity index (χ1v) is 11.5. The van der Waals surface area contributed by atoms with E-state index in [0.29, 0.717) is 23.0 Å². The molecule has 0 radical (unpaired) electrons. The van der Waals surface area contributed by atoms with E-state index in [1.165, 1.54) is 24.6 Å². The van der Waals surface area contributed by atoms with E-state index in [4.69, 9.17) is 4.74 Å². The predicted molar refractivity (Wildman–Crippen MR) is 115 cm³/mol. The van der Waals surface area contributed by atoms with Crippen molar-refractivity contribution >= 4 is 29.1 Å². The maximum atomic E-state index is 13.3. The van der Waals surface area contributed by atoms with Crippen LogP contribution in [0.2, 0.25) is 0 Å². The first-order chi connectivity index (χ1) is 13.5. The molecule has 1 aliphatic heterocycles. The van der Waals surface area contributed by atoms with Crippen molar-refractivity contribution in [3.8, 4) is 5.75 Å². The Labute approximate surface area is 172 Å². The van der Waals surface area contributed by atoms with E-state index in [9.17, 15) is 9.59 Å². The van der Waals surface area contributed by atoms with Gasteiger partial charge in [0.1, 0.15) is 5.75 Å². The lowest BCUT2D eigenvalue weighted by Crippen LogP contribution is -2.40. The SMILES string of the molecule is CCSC1=C(c2ccc(OCC(C)C)cc2)C(=O)N(C2CCCCCC2)C1=O. The molecule has 5 heteroatoms. The van der Waals surface area contributed by atoms with Crippen molar-refractivity contribution in [2.45, 2.75) is 65.3 Å². The lowest BCUT2D eigenvalue weighted by molar-refractivity contribution is -0.139. The summed E-state index contributed by atoms with van der Waals surface area (Å²) in [6, 6.07) is 7.64. The normalized spacial score (nSPS) is 18.9. The molecule has 2 aliphatic rings. The van der Waals surface area contributed by atoms with Crippen molar-refractivity contribution in [3.63, 3.8) is 0 Å². The zero-order chi connectivity index (χ0) is 20.1. The summed E-state index contributed by atoms with van der Waals surface area (Å²) in [6.07, 6.45) is 6.43. The van der Waals surface area contributed by atoms with Crippen LogP contribution in [0.5, 0.6) is 5.75 Å². The van der Waals surface area contributed by atoms with E-state index >= 15 is 0 Å². The molecule has 0 unspecified atom stereocenters. The standard InChI is InChI=1S/C23H31NO3S/c1-4-28-21-20(17-11-13-19(14-12-17)27-15-16(2)3)22(25)24(23(21)26)18-9-7-5-6-8-10-18/h11-14,16,18H,4-10,15H2,1-3H3. The van der Waals surface area contributed by atoms with Gasteiger partial charge in [-0.1, -0.05) is 58.6 Å². The highest BCUT2D eigenvalue weighted by Crippen LogP contribution is 2.39. The fourth-order valence-electron chi connectivity index (χ4n) is 3.89. The van der Waals surface area contributed by atoms with Gasteiger partial charge in [0.25, 0.3) is 11.8 Å². The largest absolute Gasteiger partial charge is 0.493 e. The minimum absolute atomic E-state index is 0.0427. The molecular weight excluding hydrogens is 370 g/mol. The molecule has 1 aromatic rings. The predicted octanol–water partition coefficient (Wildman–Crippen LogP) is 5.28. The molecular formula is C23H31NO3S. The molecule has 0 bridgehead atoms. The molecule has 1 heterocycles. The van der Waals surface area contributed by atoms with E-state index in [-0.39, 0.29) is 17.9 Å². The number of nitrogens with zero attached hydrogens (tertiary/aromatic N) is 1. The Morgan fingerprint density at radius 1 is 1.04 bits per heavy atom. The summed E-state index contributed by atoms with van der Waals surface area (Å²) in [5.41, 5.74) is 1.37. The molecule has 0 saturated heterocycles. The summed E-state index contributed by atoms with van der Waals surface area (Å²) >= 11 is 1.48. The quantitative estimate of drug-likeness (QED) is 0.461. The van der Waals surface area contributed by atoms with Crippen molar-refractivity contribution in [2.75, 3.05) is 12.4 Å². The number of hydrogen-bond acceptors (Lipinski definition) is 4. The summed E-state index contributed by atoms with van der Waals surface area (Å²) < 4.78 is 5.75. The van der Waals surface area contributed by atoms with Gasteiger partial charge in [0.15, 0.2) is 0 Å². The van der Waals surface area contributed by atoms with Gasteiger partial charge in [-0.25, -0.2) is 0 Å². The van der Waals surface area contributed by atoms with Gasteiger partial charge in [-0.2, -0.15) is 0 Å². The van der Waals surface area contributed by atoms with Crippen LogP contribution in [-0.2, 0) is 9.59 Å². The molecule has 0 atom stereocenters. The van der Waals surface area contributed by atoms with Crippen LogP contribution in [0.4, 0.5) is 0 Å². The average molecular weight is 402 g/mol. The van der Waals surface area contributed by atoms with E-state index in [2.05, 4.69) is 13.8 Å². The van der Waals surface area contributed by atoms with E-state index in [1.54, 1.807) is 4.90 Å². The molecule has 2 amide bonds. The van der Waals surface area contributed by atoms with Gasteiger partial charge in [0.2, 0.25) is 0 Å². The van der Waals surface area contributed by atoms with Gasteiger partial charge in [-0.15, -0.1) is 11.8 Å². The van der Waals surface area contributed by atoms with Crippen LogP contribution in [0.15, 0.2) is 29.2 Å². The van der Waals surface area contributed by atoms with Gasteiger partial charge in [-0.05, 0) is 42.2 Å². The van der Waals surface area contributed by atoms with Gasteiger partial charge < -0.3 is 4.74 Å². The highest BCUT2D eigenvalue weighted by atomic mass is 32.2. The Morgan fingerprint density at radius 2 is 1.68 bits per heavy atom. The monoisotopic (exact) mass is 401 g/mol. The maximum Gasteiger partial charge on any atom is 0.268 e. The zero-order valence-electron chi connectivity index (χ0n) is 17.2. The van der Waals surface area contributed by atoms with Crippen LogP contribution in [0.1, 0.15) is 64.9 Å². The molecule has 4 nitrogen and oxygen atoms in total. The third-order valence-corrected chi connectivity index (χ3v) is 6.23. The highest BCUT2D eigenvalue weighted by Gasteiger charge is 2.42. The summed E-state index contributed by atoms with van der Waals surface area (Å²) in [5.74, 6) is 1.80. The van der Waals surface area contributed by atoms with Gasteiger partial charge in [-0.3, -0.25) is 14.5 Å². The van der Waals surface area contributed by atoms with Gasteiger partial charge in [0, 0.05) is 6.04 Å². The van der Waals surface area contributed by atoms with Crippen LogP contribution < -0.4 is 4.74 Å². The molecule has 3 rings (SSSR count). The lowest BCUT2D eigenvalue weighted by Gasteiger charge is -2.25. The Balaban J connectivity index is 1.86. The smallest absolute Gasteiger partial charge is 0.268 e. The first kappa shape index (κ1) is 21.0. The number of carbonyl (C=O) groups excluding carboxylic acids is 2. The second kappa shape index (κ2) is 9.64. The molecule has 1 aliphatic carbocycles. The number of benzene rings is 1. The number of rotatable bonds is 7. The summed E-state index contributed by atoms with van der Waals surface area (Å²) in [5, 5.41) is 0. The fraction of sp³-hybridized carbons (Fsp3) is 0.565. The number of thioether (sulfide) groups is 1. The third kappa shape index (κ3) is 4.62. The minimum atomic E-state index is -0.122. The molecule has 0 aromatic heterocycles. The van der Waals surface area contributed by atoms with Crippen LogP contribution in [0.25, 0.3) is 5.57 Å². The summed E-state index contributed by atoms with van der Waals surface area (Å²) in [6.45, 7) is 6.90. The molecule has 1 fully saturated rings. The molecule has 28 heavy (non-hydrogen) atoms. The minimum Gasteiger partial charge on any atom is -0.493 e. The number of amides is 2. The zero-order valence-corrected chi connectivity index (χ0v) is 18.0.